The lowest BCUT2D eigenvalue weighted by atomic mass is 9.88. The van der Waals surface area contributed by atoms with Gasteiger partial charge in [-0.1, -0.05) is 64.8 Å². The van der Waals surface area contributed by atoms with Gasteiger partial charge in [0.15, 0.2) is 0 Å². The van der Waals surface area contributed by atoms with Gasteiger partial charge in [0, 0.05) is 55.4 Å². The molecule has 81 heavy (non-hydrogen) atoms. The molecule has 0 aromatic heterocycles. The minimum absolute atomic E-state index is 0.0450. The fourth-order valence-electron chi connectivity index (χ4n) is 8.96. The maximum absolute atomic E-state index is 13.6. The summed E-state index contributed by atoms with van der Waals surface area (Å²) < 4.78 is 22.3. The average molecular weight is 1140 g/mol. The van der Waals surface area contributed by atoms with Crippen LogP contribution in [0.4, 0.5) is 16.2 Å². The molecular formula is C61H94N6O14. The molecule has 0 aliphatic carbocycles. The zero-order valence-corrected chi connectivity index (χ0v) is 49.7. The van der Waals surface area contributed by atoms with Crippen molar-refractivity contribution in [2.45, 2.75) is 182 Å². The van der Waals surface area contributed by atoms with Crippen LogP contribution in [0.1, 0.15) is 157 Å². The molecule has 452 valence electrons. The molecule has 4 aliphatic heterocycles. The molecule has 4 aliphatic rings. The first-order valence-electron chi connectivity index (χ1n) is 28.8. The second kappa shape index (κ2) is 34.9. The predicted molar refractivity (Wildman–Crippen MR) is 309 cm³/mol. The van der Waals surface area contributed by atoms with Gasteiger partial charge in [-0.25, -0.2) is 4.79 Å². The molecule has 4 bridgehead atoms. The number of carboxylic acids is 1. The summed E-state index contributed by atoms with van der Waals surface area (Å²) in [5, 5.41) is 24.0. The molecule has 2 aromatic carbocycles. The number of carbonyl (C=O) groups excluding carboxylic acids is 8. The Morgan fingerprint density at radius 1 is 0.630 bits per heavy atom. The van der Waals surface area contributed by atoms with E-state index in [2.05, 4.69) is 26.6 Å². The number of aliphatic carboxylic acids is 1. The standard InChI is InChI=1S/C35H55N3O8.C26H39N3O6/c1-23(2)29-22-44-18-16-30(40)37-27-14-12-24(13-15-27)19-26(31(41)38-29)21-28(39)20-25(32(42)45-34(3,4)5)11-9-10-17-36-33(43)46-35(6,7)8;1-17(2)23-16-35-12-10-24(31)28-21-8-6-18(7-9-21)13-20(25(32)29-23)15-22(30)14-19(26(33)34)5-3-4-11-27/h12-15,23,25-26,29H,9-11,16-22H2,1-8H3,(H,36,43)(H,37,40)(H,38,41);6-9,17,19-20,23H,3-5,10-16,27H2,1-2H3,(H,28,31)(H,29,32)(H,33,34)/t25-,26+,29-;19-,20+,23-/m11/s1. The summed E-state index contributed by atoms with van der Waals surface area (Å²) in [6.45, 7) is 20.4. The van der Waals surface area contributed by atoms with Crippen LogP contribution in [0.2, 0.25) is 0 Å². The van der Waals surface area contributed by atoms with Gasteiger partial charge in [0.25, 0.3) is 0 Å². The second-order valence-electron chi connectivity index (χ2n) is 24.0. The molecule has 5 amide bonds. The van der Waals surface area contributed by atoms with Gasteiger partial charge >= 0.3 is 18.0 Å². The van der Waals surface area contributed by atoms with Gasteiger partial charge in [-0.05, 0) is 134 Å². The molecule has 4 heterocycles. The van der Waals surface area contributed by atoms with Crippen molar-refractivity contribution in [2.75, 3.05) is 50.2 Å². The summed E-state index contributed by atoms with van der Waals surface area (Å²) in [5.41, 5.74) is 7.16. The minimum Gasteiger partial charge on any atom is -0.481 e. The van der Waals surface area contributed by atoms with E-state index in [4.69, 9.17) is 24.7 Å². The lowest BCUT2D eigenvalue weighted by molar-refractivity contribution is -0.161. The van der Waals surface area contributed by atoms with E-state index in [1.165, 1.54) is 0 Å². The fourth-order valence-corrected chi connectivity index (χ4v) is 8.96. The first-order chi connectivity index (χ1) is 38.1. The van der Waals surface area contributed by atoms with Gasteiger partial charge in [0.1, 0.15) is 22.8 Å². The van der Waals surface area contributed by atoms with Gasteiger partial charge in [0.2, 0.25) is 23.6 Å². The molecule has 6 rings (SSSR count). The van der Waals surface area contributed by atoms with Crippen LogP contribution in [0.3, 0.4) is 0 Å². The summed E-state index contributed by atoms with van der Waals surface area (Å²) >= 11 is 0. The van der Waals surface area contributed by atoms with Gasteiger partial charge in [-0.15, -0.1) is 0 Å². The highest BCUT2D eigenvalue weighted by molar-refractivity contribution is 5.92. The summed E-state index contributed by atoms with van der Waals surface area (Å²) in [6.07, 6.45) is 3.57. The first kappa shape index (κ1) is 69.0. The van der Waals surface area contributed by atoms with Crippen LogP contribution in [-0.4, -0.2) is 121 Å². The molecule has 6 atom stereocenters. The monoisotopic (exact) mass is 1130 g/mol. The molecule has 0 radical (unpaired) electrons. The van der Waals surface area contributed by atoms with Crippen molar-refractivity contribution in [2.24, 2.45) is 41.2 Å². The number of rotatable bonds is 21. The molecule has 0 spiro atoms. The number of fused-ring (bicyclic) bond motifs is 24. The molecular weight excluding hydrogens is 1040 g/mol. The highest BCUT2D eigenvalue weighted by Gasteiger charge is 2.32. The number of esters is 1. The van der Waals surface area contributed by atoms with Crippen molar-refractivity contribution < 1.29 is 67.2 Å². The molecule has 0 saturated carbocycles. The molecule has 20 heteroatoms. The minimum atomic E-state index is -1.00. The van der Waals surface area contributed by atoms with E-state index in [1.54, 1.807) is 65.8 Å². The summed E-state index contributed by atoms with van der Waals surface area (Å²) in [6, 6.07) is 13.8. The Morgan fingerprint density at radius 2 is 1.05 bits per heavy atom. The van der Waals surface area contributed by atoms with Crippen molar-refractivity contribution in [1.82, 2.24) is 16.0 Å². The van der Waals surface area contributed by atoms with E-state index in [9.17, 15) is 48.3 Å². The van der Waals surface area contributed by atoms with Gasteiger partial charge in [-0.2, -0.15) is 0 Å². The SMILES string of the molecule is CC(C)[C@H]1COCCC(=O)Nc2ccc(cc2)C[C@@H](CC(=O)C[C@@H](CCCCN)C(=O)O)C(=O)N1.CC(C)[C@H]1COCCC(=O)Nc2ccc(cc2)C[C@@H](CC(=O)C[C@@H](CCCCNC(=O)OC(C)(C)C)C(=O)OC(C)(C)C)C(=O)N1. The topological polar surface area (TPSA) is 297 Å². The Bertz CT molecular complexity index is 2340. The number of carboxylic acid groups (broad SMARTS) is 1. The van der Waals surface area contributed by atoms with E-state index in [0.717, 1.165) is 11.1 Å². The molecule has 0 unspecified atom stereocenters. The average Bonchev–Trinajstić information content (AvgIpc) is 3.39. The Kier molecular flexibility index (Phi) is 29.7. The van der Waals surface area contributed by atoms with Crippen LogP contribution in [0, 0.1) is 35.5 Å². The highest BCUT2D eigenvalue weighted by Crippen LogP contribution is 2.25. The first-order valence-corrected chi connectivity index (χ1v) is 28.8. The summed E-state index contributed by atoms with van der Waals surface area (Å²) in [5.74, 6) is -5.38. The number of hydrogen-bond donors (Lipinski definition) is 7. The number of carbonyl (C=O) groups is 9. The maximum Gasteiger partial charge on any atom is 0.407 e. The Hall–Kier alpha value is -6.25. The van der Waals surface area contributed by atoms with Crippen molar-refractivity contribution in [1.29, 1.82) is 0 Å². The largest absolute Gasteiger partial charge is 0.481 e. The van der Waals surface area contributed by atoms with E-state index >= 15 is 0 Å². The summed E-state index contributed by atoms with van der Waals surface area (Å²) in [7, 11) is 0. The van der Waals surface area contributed by atoms with Crippen molar-refractivity contribution in [3.63, 3.8) is 0 Å². The van der Waals surface area contributed by atoms with Crippen LogP contribution in [0.5, 0.6) is 0 Å². The number of unbranched alkanes of at least 4 members (excludes halogenated alkanes) is 2. The fraction of sp³-hybridized carbons (Fsp3) is 0.656. The number of alkyl carbamates (subject to hydrolysis) is 1. The predicted octanol–water partition coefficient (Wildman–Crippen LogP) is 7.87. The number of Topliss-reactive ketones (excluding diaryl/α,β-unsaturated/α-hetero) is 2. The number of amides is 5. The van der Waals surface area contributed by atoms with Crippen molar-refractivity contribution in [3.05, 3.63) is 59.7 Å². The molecule has 0 fully saturated rings. The summed E-state index contributed by atoms with van der Waals surface area (Å²) in [4.78, 5) is 115. The number of hydrogen-bond acceptors (Lipinski definition) is 14. The third kappa shape index (κ3) is 28.8. The third-order valence-electron chi connectivity index (χ3n) is 13.6. The number of ketones is 2. The molecule has 0 saturated heterocycles. The molecule has 2 aromatic rings. The number of nitrogens with two attached hydrogens (primary N) is 1. The lowest BCUT2D eigenvalue weighted by Gasteiger charge is -2.26. The van der Waals surface area contributed by atoms with E-state index in [0.29, 0.717) is 75.8 Å². The molecule has 20 nitrogen and oxygen atoms in total. The van der Waals surface area contributed by atoms with Crippen molar-refractivity contribution >= 4 is 64.6 Å². The zero-order chi connectivity index (χ0) is 60.3. The number of ether oxygens (including phenoxy) is 4. The Morgan fingerprint density at radius 3 is 1.46 bits per heavy atom. The third-order valence-corrected chi connectivity index (χ3v) is 13.6. The van der Waals surface area contributed by atoms with Gasteiger partial charge in [0.05, 0.1) is 63.2 Å². The highest BCUT2D eigenvalue weighted by atomic mass is 16.6. The van der Waals surface area contributed by atoms with Gasteiger partial charge < -0.3 is 56.4 Å². The quantitative estimate of drug-likeness (QED) is 0.0462. The smallest absolute Gasteiger partial charge is 0.407 e. The van der Waals surface area contributed by atoms with Crippen LogP contribution >= 0.6 is 0 Å². The Balaban J connectivity index is 0.000000441. The lowest BCUT2D eigenvalue weighted by Crippen LogP contribution is -2.45. The van der Waals surface area contributed by atoms with Gasteiger partial charge in [-0.3, -0.25) is 38.4 Å². The van der Waals surface area contributed by atoms with Crippen molar-refractivity contribution in [3.8, 4) is 0 Å². The molecule has 8 N–H and O–H groups in total. The van der Waals surface area contributed by atoms with Crippen LogP contribution in [0.15, 0.2) is 48.5 Å². The van der Waals surface area contributed by atoms with Crippen LogP contribution < -0.4 is 32.3 Å². The zero-order valence-electron chi connectivity index (χ0n) is 49.7. The number of anilines is 2. The Labute approximate surface area is 479 Å². The van der Waals surface area contributed by atoms with E-state index < -0.39 is 52.9 Å². The van der Waals surface area contributed by atoms with Crippen LogP contribution in [0.25, 0.3) is 0 Å². The maximum atomic E-state index is 13.6. The van der Waals surface area contributed by atoms with E-state index in [-0.39, 0.29) is 124 Å². The number of benzene rings is 2. The van der Waals surface area contributed by atoms with E-state index in [1.807, 2.05) is 52.0 Å². The normalized spacial score (nSPS) is 19.6. The van der Waals surface area contributed by atoms with Crippen LogP contribution in [-0.2, 0) is 70.1 Å². The number of nitrogens with one attached hydrogen (secondary N) is 5. The second-order valence-corrected chi connectivity index (χ2v) is 24.0.